The number of para-hydroxylation sites is 1. The molecule has 172 valence electrons. The summed E-state index contributed by atoms with van der Waals surface area (Å²) in [5.74, 6) is 0.352. The highest BCUT2D eigenvalue weighted by molar-refractivity contribution is 5.96. The van der Waals surface area contributed by atoms with E-state index in [1.165, 1.54) is 5.69 Å². The molecule has 1 aliphatic rings. The van der Waals surface area contributed by atoms with Crippen molar-refractivity contribution in [2.45, 2.75) is 13.2 Å². The molecule has 2 heterocycles. The zero-order chi connectivity index (χ0) is 23.2. The molecule has 1 fully saturated rings. The molecule has 0 atom stereocenters. The van der Waals surface area contributed by atoms with Gasteiger partial charge in [0.2, 0.25) is 5.88 Å². The molecule has 0 unspecified atom stereocenters. The van der Waals surface area contributed by atoms with Crippen molar-refractivity contribution >= 4 is 11.6 Å². The SMILES string of the molecule is O=C(c1cn(Cc2ccccc2)nc1OCc1ccccc1)N1CCN(c2ccccc2)CC1. The first-order valence-corrected chi connectivity index (χ1v) is 11.6. The number of amides is 1. The Hall–Kier alpha value is -4.06. The van der Waals surface area contributed by atoms with Crippen molar-refractivity contribution in [3.8, 4) is 5.88 Å². The second-order valence-electron chi connectivity index (χ2n) is 8.42. The minimum Gasteiger partial charge on any atom is -0.471 e. The highest BCUT2D eigenvalue weighted by Crippen LogP contribution is 2.23. The number of aromatic nitrogens is 2. The molecule has 6 heteroatoms. The van der Waals surface area contributed by atoms with Crippen LogP contribution in [0.1, 0.15) is 21.5 Å². The second kappa shape index (κ2) is 10.3. The van der Waals surface area contributed by atoms with Crippen LogP contribution in [0.2, 0.25) is 0 Å². The van der Waals surface area contributed by atoms with Crippen molar-refractivity contribution in [2.24, 2.45) is 0 Å². The Morgan fingerprint density at radius 2 is 1.35 bits per heavy atom. The fourth-order valence-corrected chi connectivity index (χ4v) is 4.21. The van der Waals surface area contributed by atoms with Crippen molar-refractivity contribution in [3.05, 3.63) is 114 Å². The number of hydrogen-bond donors (Lipinski definition) is 0. The van der Waals surface area contributed by atoms with E-state index in [4.69, 9.17) is 4.74 Å². The maximum absolute atomic E-state index is 13.5. The van der Waals surface area contributed by atoms with Crippen LogP contribution in [0.25, 0.3) is 0 Å². The third-order valence-corrected chi connectivity index (χ3v) is 6.05. The van der Waals surface area contributed by atoms with Crippen LogP contribution in [-0.2, 0) is 13.2 Å². The summed E-state index contributed by atoms with van der Waals surface area (Å²) in [6, 6.07) is 30.4. The summed E-state index contributed by atoms with van der Waals surface area (Å²) in [4.78, 5) is 17.7. The number of anilines is 1. The summed E-state index contributed by atoms with van der Waals surface area (Å²) in [6.45, 7) is 3.87. The van der Waals surface area contributed by atoms with Crippen LogP contribution in [0.3, 0.4) is 0 Å². The highest BCUT2D eigenvalue weighted by Gasteiger charge is 2.27. The van der Waals surface area contributed by atoms with Crippen molar-refractivity contribution in [1.29, 1.82) is 0 Å². The van der Waals surface area contributed by atoms with Crippen molar-refractivity contribution in [3.63, 3.8) is 0 Å². The van der Waals surface area contributed by atoms with Crippen LogP contribution in [0, 0.1) is 0 Å². The van der Waals surface area contributed by atoms with Gasteiger partial charge >= 0.3 is 0 Å². The van der Waals surface area contributed by atoms with Gasteiger partial charge in [0.15, 0.2) is 0 Å². The van der Waals surface area contributed by atoms with E-state index in [0.717, 1.165) is 24.2 Å². The molecule has 0 aliphatic carbocycles. The van der Waals surface area contributed by atoms with Gasteiger partial charge in [-0.25, -0.2) is 0 Å². The molecule has 4 aromatic rings. The number of nitrogens with zero attached hydrogens (tertiary/aromatic N) is 4. The van der Waals surface area contributed by atoms with E-state index in [2.05, 4.69) is 34.3 Å². The van der Waals surface area contributed by atoms with Crippen LogP contribution >= 0.6 is 0 Å². The third kappa shape index (κ3) is 5.12. The lowest BCUT2D eigenvalue weighted by atomic mass is 10.2. The first-order valence-electron chi connectivity index (χ1n) is 11.6. The molecule has 0 radical (unpaired) electrons. The standard InChI is InChI=1S/C28H28N4O2/c33-28(31-18-16-30(17-19-31)25-14-8-3-9-15-25)26-21-32(20-23-10-4-1-5-11-23)29-27(26)34-22-24-12-6-2-7-13-24/h1-15,21H,16-20,22H2. The number of carbonyl (C=O) groups is 1. The normalized spacial score (nSPS) is 13.6. The summed E-state index contributed by atoms with van der Waals surface area (Å²) in [6.07, 6.45) is 1.82. The lowest BCUT2D eigenvalue weighted by molar-refractivity contribution is 0.0741. The van der Waals surface area contributed by atoms with Crippen LogP contribution < -0.4 is 9.64 Å². The maximum Gasteiger partial charge on any atom is 0.261 e. The smallest absolute Gasteiger partial charge is 0.261 e. The van der Waals surface area contributed by atoms with Gasteiger partial charge in [-0.05, 0) is 23.3 Å². The van der Waals surface area contributed by atoms with Crippen LogP contribution in [-0.4, -0.2) is 46.8 Å². The fourth-order valence-electron chi connectivity index (χ4n) is 4.21. The minimum absolute atomic E-state index is 0.0323. The molecule has 0 saturated carbocycles. The Kier molecular flexibility index (Phi) is 6.56. The average Bonchev–Trinajstić information content (AvgIpc) is 3.31. The van der Waals surface area contributed by atoms with E-state index in [1.807, 2.05) is 77.8 Å². The zero-order valence-electron chi connectivity index (χ0n) is 19.1. The Morgan fingerprint density at radius 3 is 2.00 bits per heavy atom. The number of piperazine rings is 1. The van der Waals surface area contributed by atoms with E-state index >= 15 is 0 Å². The summed E-state index contributed by atoms with van der Waals surface area (Å²) in [5.41, 5.74) is 3.86. The molecule has 0 N–H and O–H groups in total. The van der Waals surface area contributed by atoms with Gasteiger partial charge < -0.3 is 14.5 Å². The van der Waals surface area contributed by atoms with Crippen molar-refractivity contribution < 1.29 is 9.53 Å². The Balaban J connectivity index is 1.32. The average molecular weight is 453 g/mol. The lowest BCUT2D eigenvalue weighted by Crippen LogP contribution is -2.48. The van der Waals surface area contributed by atoms with Gasteiger partial charge in [0.05, 0.1) is 6.54 Å². The van der Waals surface area contributed by atoms with Crippen molar-refractivity contribution in [1.82, 2.24) is 14.7 Å². The van der Waals surface area contributed by atoms with Crippen molar-refractivity contribution in [2.75, 3.05) is 31.1 Å². The monoisotopic (exact) mass is 452 g/mol. The summed E-state index contributed by atoms with van der Waals surface area (Å²) in [7, 11) is 0. The Morgan fingerprint density at radius 1 is 0.765 bits per heavy atom. The van der Waals surface area contributed by atoms with Gasteiger partial charge in [0, 0.05) is 38.1 Å². The number of carbonyl (C=O) groups excluding carboxylic acids is 1. The maximum atomic E-state index is 13.5. The van der Waals surface area contributed by atoms with E-state index in [-0.39, 0.29) is 5.91 Å². The van der Waals surface area contributed by atoms with E-state index in [1.54, 1.807) is 4.68 Å². The van der Waals surface area contributed by atoms with Crippen LogP contribution in [0.4, 0.5) is 5.69 Å². The number of ether oxygens (including phenoxy) is 1. The topological polar surface area (TPSA) is 50.6 Å². The lowest BCUT2D eigenvalue weighted by Gasteiger charge is -2.36. The van der Waals surface area contributed by atoms with Gasteiger partial charge in [0.25, 0.3) is 5.91 Å². The van der Waals surface area contributed by atoms with Gasteiger partial charge in [-0.2, -0.15) is 0 Å². The third-order valence-electron chi connectivity index (χ3n) is 6.05. The van der Waals surface area contributed by atoms with Gasteiger partial charge in [-0.1, -0.05) is 78.9 Å². The first-order chi connectivity index (χ1) is 16.8. The predicted octanol–water partition coefficient (Wildman–Crippen LogP) is 4.47. The van der Waals surface area contributed by atoms with E-state index in [0.29, 0.717) is 37.7 Å². The van der Waals surface area contributed by atoms with Gasteiger partial charge in [-0.3, -0.25) is 9.48 Å². The van der Waals surface area contributed by atoms with Gasteiger partial charge in [-0.15, -0.1) is 5.10 Å². The first kappa shape index (κ1) is 21.8. The zero-order valence-corrected chi connectivity index (χ0v) is 19.1. The molecule has 0 bridgehead atoms. The number of hydrogen-bond acceptors (Lipinski definition) is 4. The number of benzene rings is 3. The molecule has 34 heavy (non-hydrogen) atoms. The van der Waals surface area contributed by atoms with Crippen LogP contribution in [0.5, 0.6) is 5.88 Å². The Bertz CT molecular complexity index is 1200. The van der Waals surface area contributed by atoms with Crippen LogP contribution in [0.15, 0.2) is 97.2 Å². The molecule has 3 aromatic carbocycles. The van der Waals surface area contributed by atoms with Gasteiger partial charge in [0.1, 0.15) is 12.2 Å². The molecule has 1 saturated heterocycles. The molecule has 1 aliphatic heterocycles. The van der Waals surface area contributed by atoms with E-state index in [9.17, 15) is 4.79 Å². The molecular formula is C28H28N4O2. The quantitative estimate of drug-likeness (QED) is 0.415. The Labute approximate surface area is 200 Å². The molecule has 6 nitrogen and oxygen atoms in total. The highest BCUT2D eigenvalue weighted by atomic mass is 16.5. The molecule has 0 spiro atoms. The summed E-state index contributed by atoms with van der Waals surface area (Å²) in [5, 5.41) is 4.64. The predicted molar refractivity (Wildman–Crippen MR) is 133 cm³/mol. The second-order valence-corrected chi connectivity index (χ2v) is 8.42. The fraction of sp³-hybridized carbons (Fsp3) is 0.214. The summed E-state index contributed by atoms with van der Waals surface area (Å²) < 4.78 is 7.85. The molecule has 5 rings (SSSR count). The largest absolute Gasteiger partial charge is 0.471 e. The van der Waals surface area contributed by atoms with E-state index < -0.39 is 0 Å². The minimum atomic E-state index is -0.0323. The molecular weight excluding hydrogens is 424 g/mol. The molecule has 1 amide bonds. The number of rotatable bonds is 7. The molecule has 1 aromatic heterocycles. The summed E-state index contributed by atoms with van der Waals surface area (Å²) >= 11 is 0.